The molecule has 1 unspecified atom stereocenters. The summed E-state index contributed by atoms with van der Waals surface area (Å²) in [4.78, 5) is 9.11. The lowest BCUT2D eigenvalue weighted by Gasteiger charge is -2.09. The van der Waals surface area contributed by atoms with Crippen LogP contribution in [-0.4, -0.2) is 26.5 Å². The molecule has 6 heteroatoms. The minimum absolute atomic E-state index is 0.103. The van der Waals surface area contributed by atoms with E-state index in [0.29, 0.717) is 0 Å². The number of hydrogen-bond acceptors (Lipinski definition) is 3. The Bertz CT molecular complexity index is 571. The molecule has 110 valence electrons. The van der Waals surface area contributed by atoms with Crippen LogP contribution in [0.25, 0.3) is 11.2 Å². The fourth-order valence-corrected chi connectivity index (χ4v) is 3.20. The number of pyridine rings is 1. The molecular formula is C14H19BrClN3S. The van der Waals surface area contributed by atoms with Crippen LogP contribution in [0, 0.1) is 0 Å². The number of thioether (sulfide) groups is 1. The molecular weight excluding hydrogens is 358 g/mol. The first-order valence-electron chi connectivity index (χ1n) is 6.78. The molecule has 1 atom stereocenters. The van der Waals surface area contributed by atoms with Crippen LogP contribution in [0.1, 0.15) is 37.4 Å². The van der Waals surface area contributed by atoms with Crippen LogP contribution < -0.4 is 0 Å². The Morgan fingerprint density at radius 3 is 2.90 bits per heavy atom. The largest absolute Gasteiger partial charge is 0.311 e. The molecule has 0 amide bonds. The predicted octanol–water partition coefficient (Wildman–Crippen LogP) is 5.03. The van der Waals surface area contributed by atoms with Crippen molar-refractivity contribution < 1.29 is 0 Å². The normalized spacial score (nSPS) is 13.0. The maximum Gasteiger partial charge on any atom is 0.160 e. The zero-order valence-corrected chi connectivity index (χ0v) is 14.9. The van der Waals surface area contributed by atoms with Crippen molar-refractivity contribution in [1.29, 1.82) is 0 Å². The Balaban J connectivity index is 2.18. The number of hydrogen-bond donors (Lipinski definition) is 0. The van der Waals surface area contributed by atoms with Gasteiger partial charge in [-0.3, -0.25) is 0 Å². The molecule has 3 nitrogen and oxygen atoms in total. The van der Waals surface area contributed by atoms with E-state index < -0.39 is 0 Å². The van der Waals surface area contributed by atoms with Crippen molar-refractivity contribution in [3.05, 3.63) is 22.6 Å². The van der Waals surface area contributed by atoms with E-state index >= 15 is 0 Å². The van der Waals surface area contributed by atoms with Gasteiger partial charge >= 0.3 is 0 Å². The zero-order chi connectivity index (χ0) is 14.5. The summed E-state index contributed by atoms with van der Waals surface area (Å²) in [5.41, 5.74) is 1.84. The Labute approximate surface area is 137 Å². The molecule has 0 saturated heterocycles. The second kappa shape index (κ2) is 7.66. The Kier molecular flexibility index (Phi) is 6.18. The van der Waals surface area contributed by atoms with Crippen LogP contribution in [0.15, 0.2) is 16.7 Å². The second-order valence-electron chi connectivity index (χ2n) is 4.79. The number of aromatic nitrogens is 3. The minimum Gasteiger partial charge on any atom is -0.311 e. The molecule has 2 heterocycles. The van der Waals surface area contributed by atoms with Crippen molar-refractivity contribution in [2.45, 2.75) is 38.1 Å². The smallest absolute Gasteiger partial charge is 0.160 e. The number of fused-ring (bicyclic) bond motifs is 1. The average molecular weight is 377 g/mol. The maximum atomic E-state index is 6.26. The third-order valence-corrected chi connectivity index (χ3v) is 4.49. The van der Waals surface area contributed by atoms with E-state index in [1.807, 2.05) is 30.9 Å². The number of nitrogens with zero attached hydrogens (tertiary/aromatic N) is 3. The molecule has 0 spiro atoms. The quantitative estimate of drug-likeness (QED) is 0.502. The molecule has 0 saturated carbocycles. The highest BCUT2D eigenvalue weighted by Gasteiger charge is 2.15. The third-order valence-electron chi connectivity index (χ3n) is 3.17. The van der Waals surface area contributed by atoms with Gasteiger partial charge in [-0.2, -0.15) is 11.8 Å². The van der Waals surface area contributed by atoms with E-state index in [4.69, 9.17) is 11.6 Å². The third kappa shape index (κ3) is 3.89. The topological polar surface area (TPSA) is 30.7 Å². The van der Waals surface area contributed by atoms with Crippen molar-refractivity contribution in [3.8, 4) is 0 Å². The van der Waals surface area contributed by atoms with Gasteiger partial charge in [0, 0.05) is 17.2 Å². The summed E-state index contributed by atoms with van der Waals surface area (Å²) in [7, 11) is 0. The molecule has 20 heavy (non-hydrogen) atoms. The number of aryl methyl sites for hydroxylation is 1. The van der Waals surface area contributed by atoms with Gasteiger partial charge in [0.25, 0.3) is 0 Å². The van der Waals surface area contributed by atoms with Gasteiger partial charge in [-0.05, 0) is 53.8 Å². The highest BCUT2D eigenvalue weighted by atomic mass is 79.9. The Morgan fingerprint density at radius 2 is 2.20 bits per heavy atom. The molecule has 0 aliphatic carbocycles. The number of imidazole rings is 1. The number of unbranched alkanes of at least 4 members (excludes halogenated alkanes) is 2. The Morgan fingerprint density at radius 1 is 1.40 bits per heavy atom. The van der Waals surface area contributed by atoms with E-state index in [-0.39, 0.29) is 5.38 Å². The van der Waals surface area contributed by atoms with Gasteiger partial charge in [0.1, 0.15) is 11.3 Å². The van der Waals surface area contributed by atoms with Crippen molar-refractivity contribution in [1.82, 2.24) is 14.5 Å². The van der Waals surface area contributed by atoms with Crippen LogP contribution >= 0.6 is 39.3 Å². The number of halogens is 2. The maximum absolute atomic E-state index is 6.26. The first kappa shape index (κ1) is 16.1. The molecule has 0 bridgehead atoms. The second-order valence-corrected chi connectivity index (χ2v) is 7.34. The fourth-order valence-electron chi connectivity index (χ4n) is 2.22. The van der Waals surface area contributed by atoms with Gasteiger partial charge in [0.05, 0.1) is 5.38 Å². The van der Waals surface area contributed by atoms with Crippen LogP contribution in [-0.2, 0) is 6.54 Å². The monoisotopic (exact) mass is 375 g/mol. The molecule has 0 radical (unpaired) electrons. The summed E-state index contributed by atoms with van der Waals surface area (Å²) in [6.07, 6.45) is 7.60. The minimum atomic E-state index is -0.103. The molecule has 0 aromatic carbocycles. The van der Waals surface area contributed by atoms with E-state index in [9.17, 15) is 0 Å². The Hall–Kier alpha value is -0.260. The summed E-state index contributed by atoms with van der Waals surface area (Å²) in [6.45, 7) is 2.90. The van der Waals surface area contributed by atoms with E-state index in [2.05, 4.69) is 36.7 Å². The van der Waals surface area contributed by atoms with E-state index in [1.54, 1.807) is 0 Å². The standard InChI is InChI=1S/C14H19BrClN3S/c1-10(16)13-18-12-8-11(15)9-17-14(12)19(13)6-4-3-5-7-20-2/h8-10H,3-7H2,1-2H3. The number of rotatable bonds is 7. The molecule has 2 aromatic heterocycles. The lowest BCUT2D eigenvalue weighted by Crippen LogP contribution is -2.05. The fraction of sp³-hybridized carbons (Fsp3) is 0.571. The summed E-state index contributed by atoms with van der Waals surface area (Å²) in [6, 6.07) is 2.00. The highest BCUT2D eigenvalue weighted by molar-refractivity contribution is 9.10. The average Bonchev–Trinajstić information content (AvgIpc) is 2.76. The van der Waals surface area contributed by atoms with Gasteiger partial charge in [0.2, 0.25) is 0 Å². The first-order chi connectivity index (χ1) is 9.63. The molecule has 0 fully saturated rings. The van der Waals surface area contributed by atoms with Crippen molar-refractivity contribution in [2.75, 3.05) is 12.0 Å². The van der Waals surface area contributed by atoms with Crippen molar-refractivity contribution in [2.24, 2.45) is 0 Å². The molecule has 2 aromatic rings. The first-order valence-corrected chi connectivity index (χ1v) is 9.40. The van der Waals surface area contributed by atoms with Gasteiger partial charge < -0.3 is 4.57 Å². The lowest BCUT2D eigenvalue weighted by atomic mass is 10.2. The summed E-state index contributed by atoms with van der Waals surface area (Å²) in [5.74, 6) is 2.14. The predicted molar refractivity (Wildman–Crippen MR) is 91.7 cm³/mol. The van der Waals surface area contributed by atoms with Gasteiger partial charge in [0.15, 0.2) is 5.65 Å². The van der Waals surface area contributed by atoms with Gasteiger partial charge in [-0.25, -0.2) is 9.97 Å². The molecule has 0 aliphatic rings. The SMILES string of the molecule is CSCCCCCn1c(C(C)Cl)nc2cc(Br)cnc21. The molecule has 0 N–H and O–H groups in total. The summed E-state index contributed by atoms with van der Waals surface area (Å²) >= 11 is 11.6. The summed E-state index contributed by atoms with van der Waals surface area (Å²) < 4.78 is 3.11. The van der Waals surface area contributed by atoms with Crippen molar-refractivity contribution in [3.63, 3.8) is 0 Å². The van der Waals surface area contributed by atoms with Crippen LogP contribution in [0.3, 0.4) is 0 Å². The van der Waals surface area contributed by atoms with Gasteiger partial charge in [-0.1, -0.05) is 6.42 Å². The van der Waals surface area contributed by atoms with Crippen LogP contribution in [0.5, 0.6) is 0 Å². The lowest BCUT2D eigenvalue weighted by molar-refractivity contribution is 0.590. The van der Waals surface area contributed by atoms with Crippen LogP contribution in [0.4, 0.5) is 0 Å². The van der Waals surface area contributed by atoms with Crippen LogP contribution in [0.2, 0.25) is 0 Å². The number of alkyl halides is 1. The van der Waals surface area contributed by atoms with Gasteiger partial charge in [-0.15, -0.1) is 11.6 Å². The van der Waals surface area contributed by atoms with E-state index in [0.717, 1.165) is 34.4 Å². The van der Waals surface area contributed by atoms with E-state index in [1.165, 1.54) is 18.6 Å². The zero-order valence-electron chi connectivity index (χ0n) is 11.8. The molecule has 0 aliphatic heterocycles. The summed E-state index contributed by atoms with van der Waals surface area (Å²) in [5, 5.41) is -0.103. The highest BCUT2D eigenvalue weighted by Crippen LogP contribution is 2.25. The van der Waals surface area contributed by atoms with Crippen molar-refractivity contribution >= 4 is 50.5 Å². The molecule has 2 rings (SSSR count).